The second-order valence-electron chi connectivity index (χ2n) is 4.25. The zero-order valence-electron chi connectivity index (χ0n) is 10.5. The van der Waals surface area contributed by atoms with Gasteiger partial charge in [-0.05, 0) is 13.0 Å². The second kappa shape index (κ2) is 5.89. The Morgan fingerprint density at radius 3 is 3.24 bits per heavy atom. The summed E-state index contributed by atoms with van der Waals surface area (Å²) >= 11 is 0. The lowest BCUT2D eigenvalue weighted by Crippen LogP contribution is -2.26. The molecule has 0 spiro atoms. The zero-order valence-corrected chi connectivity index (χ0v) is 10.5. The number of hydrogen-bond acceptors (Lipinski definition) is 4. The highest BCUT2D eigenvalue weighted by atomic mass is 16.5. The average Bonchev–Trinajstić information content (AvgIpc) is 2.39. The number of ether oxygens (including phenoxy) is 2. The van der Waals surface area contributed by atoms with E-state index in [0.717, 1.165) is 37.7 Å². The lowest BCUT2D eigenvalue weighted by Gasteiger charge is -2.22. The molecule has 0 aliphatic carbocycles. The van der Waals surface area contributed by atoms with Gasteiger partial charge in [0.05, 0.1) is 11.8 Å². The molecule has 1 atom stereocenters. The van der Waals surface area contributed by atoms with Gasteiger partial charge in [-0.3, -0.25) is 0 Å². The molecule has 0 radical (unpaired) electrons. The molecule has 0 amide bonds. The Bertz CT molecular complexity index is 368. The van der Waals surface area contributed by atoms with Crippen molar-refractivity contribution < 1.29 is 9.47 Å². The first kappa shape index (κ1) is 12.2. The fourth-order valence-corrected chi connectivity index (χ4v) is 1.87. The quantitative estimate of drug-likeness (QED) is 0.815. The van der Waals surface area contributed by atoms with Crippen molar-refractivity contribution in [3.63, 3.8) is 0 Å². The molecule has 1 heterocycles. The van der Waals surface area contributed by atoms with Crippen molar-refractivity contribution in [2.75, 3.05) is 32.1 Å². The van der Waals surface area contributed by atoms with E-state index in [9.17, 15) is 0 Å². The molecule has 0 fully saturated rings. The molecule has 2 rings (SSSR count). The largest absolute Gasteiger partial charge is 0.489 e. The minimum Gasteiger partial charge on any atom is -0.489 e. The van der Waals surface area contributed by atoms with Crippen LogP contribution < -0.4 is 15.4 Å². The first-order valence-corrected chi connectivity index (χ1v) is 6.03. The molecule has 1 aliphatic heterocycles. The van der Waals surface area contributed by atoms with Gasteiger partial charge in [0.25, 0.3) is 0 Å². The van der Waals surface area contributed by atoms with E-state index in [4.69, 9.17) is 9.47 Å². The first-order chi connectivity index (χ1) is 8.31. The van der Waals surface area contributed by atoms with E-state index >= 15 is 0 Å². The molecule has 0 saturated heterocycles. The molecule has 1 aromatic rings. The van der Waals surface area contributed by atoms with Gasteiger partial charge < -0.3 is 20.1 Å². The molecular formula is C13H20N2O2. The number of para-hydroxylation sites is 1. The molecule has 4 nitrogen and oxygen atoms in total. The Morgan fingerprint density at radius 2 is 2.41 bits per heavy atom. The van der Waals surface area contributed by atoms with Gasteiger partial charge in [0.2, 0.25) is 0 Å². The lowest BCUT2D eigenvalue weighted by molar-refractivity contribution is 0.117. The van der Waals surface area contributed by atoms with Crippen LogP contribution in [0, 0.1) is 0 Å². The number of anilines is 1. The monoisotopic (exact) mass is 236 g/mol. The Morgan fingerprint density at radius 1 is 1.53 bits per heavy atom. The molecule has 1 aliphatic rings. The third-order valence-electron chi connectivity index (χ3n) is 2.91. The molecule has 17 heavy (non-hydrogen) atoms. The number of methoxy groups -OCH3 is 1. The van der Waals surface area contributed by atoms with Crippen LogP contribution >= 0.6 is 0 Å². The van der Waals surface area contributed by atoms with Crippen molar-refractivity contribution in [2.24, 2.45) is 0 Å². The van der Waals surface area contributed by atoms with Crippen LogP contribution in [-0.2, 0) is 11.3 Å². The fraction of sp³-hybridized carbons (Fsp3) is 0.538. The first-order valence-electron chi connectivity index (χ1n) is 6.03. The third-order valence-corrected chi connectivity index (χ3v) is 2.91. The normalized spacial score (nSPS) is 15.6. The smallest absolute Gasteiger partial charge is 0.146 e. The van der Waals surface area contributed by atoms with Gasteiger partial charge in [-0.2, -0.15) is 0 Å². The summed E-state index contributed by atoms with van der Waals surface area (Å²) in [6.45, 7) is 5.31. The highest BCUT2D eigenvalue weighted by Crippen LogP contribution is 2.30. The van der Waals surface area contributed by atoms with E-state index in [1.807, 2.05) is 6.92 Å². The molecule has 94 valence electrons. The summed E-state index contributed by atoms with van der Waals surface area (Å²) in [7, 11) is 1.73. The summed E-state index contributed by atoms with van der Waals surface area (Å²) in [5.41, 5.74) is 2.29. The highest BCUT2D eigenvalue weighted by Gasteiger charge is 2.13. The van der Waals surface area contributed by atoms with Crippen LogP contribution in [0.5, 0.6) is 5.75 Å². The van der Waals surface area contributed by atoms with Gasteiger partial charge in [-0.25, -0.2) is 0 Å². The maximum atomic E-state index is 5.70. The second-order valence-corrected chi connectivity index (χ2v) is 4.25. The van der Waals surface area contributed by atoms with Crippen LogP contribution in [0.25, 0.3) is 0 Å². The third kappa shape index (κ3) is 3.11. The number of hydrogen-bond donors (Lipinski definition) is 2. The number of nitrogens with one attached hydrogen (secondary N) is 2. The molecule has 1 unspecified atom stereocenters. The standard InChI is InChI=1S/C13H20N2O2/c1-10(16-2)8-14-9-11-4-3-5-12-13(11)17-7-6-15-12/h3-5,10,14-15H,6-9H2,1-2H3. The minimum absolute atomic E-state index is 0.230. The van der Waals surface area contributed by atoms with E-state index in [0.29, 0.717) is 0 Å². The summed E-state index contributed by atoms with van der Waals surface area (Å²) in [6.07, 6.45) is 0.230. The Kier molecular flexibility index (Phi) is 4.23. The topological polar surface area (TPSA) is 42.5 Å². The van der Waals surface area contributed by atoms with Crippen molar-refractivity contribution >= 4 is 5.69 Å². The maximum Gasteiger partial charge on any atom is 0.146 e. The molecular weight excluding hydrogens is 216 g/mol. The molecule has 0 aromatic heterocycles. The van der Waals surface area contributed by atoms with E-state index < -0.39 is 0 Å². The summed E-state index contributed by atoms with van der Waals surface area (Å²) in [6, 6.07) is 6.20. The van der Waals surface area contributed by atoms with Crippen molar-refractivity contribution in [3.8, 4) is 5.75 Å². The van der Waals surface area contributed by atoms with Crippen LogP contribution in [0.15, 0.2) is 18.2 Å². The van der Waals surface area contributed by atoms with E-state index in [2.05, 4.69) is 28.8 Å². The Labute approximate surface area is 102 Å². The SMILES string of the molecule is COC(C)CNCc1cccc2c1OCCN2. The predicted molar refractivity (Wildman–Crippen MR) is 68.6 cm³/mol. The highest BCUT2D eigenvalue weighted by molar-refractivity contribution is 5.61. The molecule has 1 aromatic carbocycles. The number of benzene rings is 1. The van der Waals surface area contributed by atoms with Crippen LogP contribution in [0.4, 0.5) is 5.69 Å². The van der Waals surface area contributed by atoms with E-state index in [1.54, 1.807) is 7.11 Å². The minimum atomic E-state index is 0.230. The van der Waals surface area contributed by atoms with Crippen molar-refractivity contribution in [1.29, 1.82) is 0 Å². The number of rotatable bonds is 5. The molecule has 2 N–H and O–H groups in total. The summed E-state index contributed by atoms with van der Waals surface area (Å²) in [5.74, 6) is 0.983. The van der Waals surface area contributed by atoms with Crippen LogP contribution in [-0.4, -0.2) is 32.9 Å². The van der Waals surface area contributed by atoms with Gasteiger partial charge in [-0.1, -0.05) is 12.1 Å². The van der Waals surface area contributed by atoms with Crippen LogP contribution in [0.2, 0.25) is 0 Å². The van der Waals surface area contributed by atoms with Crippen molar-refractivity contribution in [1.82, 2.24) is 5.32 Å². The molecule has 0 bridgehead atoms. The van der Waals surface area contributed by atoms with Crippen molar-refractivity contribution in [2.45, 2.75) is 19.6 Å². The maximum absolute atomic E-state index is 5.70. The van der Waals surface area contributed by atoms with Crippen LogP contribution in [0.1, 0.15) is 12.5 Å². The van der Waals surface area contributed by atoms with Gasteiger partial charge in [0.15, 0.2) is 0 Å². The summed E-state index contributed by atoms with van der Waals surface area (Å²) in [4.78, 5) is 0. The Hall–Kier alpha value is -1.26. The summed E-state index contributed by atoms with van der Waals surface area (Å²) < 4.78 is 10.9. The van der Waals surface area contributed by atoms with Gasteiger partial charge in [-0.15, -0.1) is 0 Å². The van der Waals surface area contributed by atoms with Crippen molar-refractivity contribution in [3.05, 3.63) is 23.8 Å². The van der Waals surface area contributed by atoms with E-state index in [1.165, 1.54) is 5.56 Å². The average molecular weight is 236 g/mol. The van der Waals surface area contributed by atoms with Gasteiger partial charge in [0.1, 0.15) is 12.4 Å². The van der Waals surface area contributed by atoms with Gasteiger partial charge in [0, 0.05) is 32.3 Å². The fourth-order valence-electron chi connectivity index (χ4n) is 1.87. The number of fused-ring (bicyclic) bond motifs is 1. The lowest BCUT2D eigenvalue weighted by atomic mass is 10.1. The zero-order chi connectivity index (χ0) is 12.1. The predicted octanol–water partition coefficient (Wildman–Crippen LogP) is 1.62. The molecule has 4 heteroatoms. The van der Waals surface area contributed by atoms with Gasteiger partial charge >= 0.3 is 0 Å². The molecule has 0 saturated carbocycles. The van der Waals surface area contributed by atoms with Crippen LogP contribution in [0.3, 0.4) is 0 Å². The van der Waals surface area contributed by atoms with E-state index in [-0.39, 0.29) is 6.10 Å². The Balaban J connectivity index is 1.96. The summed E-state index contributed by atoms with van der Waals surface area (Å²) in [5, 5.41) is 6.71.